The predicted octanol–water partition coefficient (Wildman–Crippen LogP) is 2.91. The molecule has 7 heteroatoms. The third kappa shape index (κ3) is 4.07. The maximum Gasteiger partial charge on any atom is 0.117 e. The molecule has 3 heterocycles. The molecule has 1 aromatic heterocycles. The van der Waals surface area contributed by atoms with E-state index in [0.29, 0.717) is 6.61 Å². The highest BCUT2D eigenvalue weighted by Crippen LogP contribution is 2.37. The Balaban J connectivity index is 1.61. The lowest BCUT2D eigenvalue weighted by Crippen LogP contribution is -2.50. The second-order valence-electron chi connectivity index (χ2n) is 7.51. The molecule has 132 valence electrons. The zero-order chi connectivity index (χ0) is 17.3. The number of fused-ring (bicyclic) bond motifs is 1. The van der Waals surface area contributed by atoms with Gasteiger partial charge < -0.3 is 9.30 Å². The van der Waals surface area contributed by atoms with Gasteiger partial charge in [-0.1, -0.05) is 25.9 Å². The molecule has 0 aromatic carbocycles. The van der Waals surface area contributed by atoms with E-state index in [2.05, 4.69) is 53.5 Å². The number of nitrogens with zero attached hydrogens (tertiary/aromatic N) is 4. The van der Waals surface area contributed by atoms with Crippen molar-refractivity contribution in [1.82, 2.24) is 14.5 Å². The van der Waals surface area contributed by atoms with Crippen LogP contribution in [0, 0.1) is 11.8 Å². The summed E-state index contributed by atoms with van der Waals surface area (Å²) < 4.78 is 8.50. The summed E-state index contributed by atoms with van der Waals surface area (Å²) in [5.41, 5.74) is 1.16. The summed E-state index contributed by atoms with van der Waals surface area (Å²) in [5.74, 6) is 1.06. The molecule has 0 N–H and O–H groups in total. The van der Waals surface area contributed by atoms with Crippen molar-refractivity contribution >= 4 is 18.0 Å². The topological polar surface area (TPSA) is 59.7 Å². The van der Waals surface area contributed by atoms with Gasteiger partial charge in [0.05, 0.1) is 12.7 Å². The van der Waals surface area contributed by atoms with Crippen molar-refractivity contribution in [2.75, 3.05) is 26.2 Å². The van der Waals surface area contributed by atoms with Crippen LogP contribution in [0.3, 0.4) is 0 Å². The SMILES string of the molecule is Cc1cnc2n1C=C(SC(C)(C)C)C(OCCN1CC(N=O)C1)C2. The van der Waals surface area contributed by atoms with Gasteiger partial charge in [-0.3, -0.25) is 4.90 Å². The number of aryl methyl sites for hydroxylation is 1. The molecule has 0 radical (unpaired) electrons. The molecule has 2 aliphatic heterocycles. The number of aromatic nitrogens is 2. The summed E-state index contributed by atoms with van der Waals surface area (Å²) >= 11 is 1.86. The molecular weight excluding hydrogens is 324 g/mol. The first-order valence-electron chi connectivity index (χ1n) is 8.45. The molecular formula is C17H26N4O2S. The molecule has 1 saturated heterocycles. The summed E-state index contributed by atoms with van der Waals surface area (Å²) in [6.07, 6.45) is 4.96. The Kier molecular flexibility index (Phi) is 5.13. The van der Waals surface area contributed by atoms with Gasteiger partial charge in [-0.25, -0.2) is 4.98 Å². The van der Waals surface area contributed by atoms with Crippen LogP contribution in [0.4, 0.5) is 0 Å². The van der Waals surface area contributed by atoms with Gasteiger partial charge in [-0.05, 0) is 6.92 Å². The second-order valence-corrected chi connectivity index (χ2v) is 9.41. The van der Waals surface area contributed by atoms with Gasteiger partial charge in [0.25, 0.3) is 0 Å². The van der Waals surface area contributed by atoms with Crippen molar-refractivity contribution in [3.63, 3.8) is 0 Å². The summed E-state index contributed by atoms with van der Waals surface area (Å²) in [5, 5.41) is 3.07. The van der Waals surface area contributed by atoms with Gasteiger partial charge in [0.15, 0.2) is 0 Å². The summed E-state index contributed by atoms with van der Waals surface area (Å²) in [7, 11) is 0. The first kappa shape index (κ1) is 17.6. The molecule has 2 aliphatic rings. The molecule has 0 aliphatic carbocycles. The third-order valence-electron chi connectivity index (χ3n) is 4.24. The zero-order valence-corrected chi connectivity index (χ0v) is 15.7. The van der Waals surface area contributed by atoms with E-state index in [0.717, 1.165) is 37.6 Å². The normalized spacial score (nSPS) is 22.0. The fourth-order valence-electron chi connectivity index (χ4n) is 3.00. The molecule has 0 amide bonds. The summed E-state index contributed by atoms with van der Waals surface area (Å²) in [4.78, 5) is 18.4. The van der Waals surface area contributed by atoms with Crippen molar-refractivity contribution in [2.45, 2.75) is 51.0 Å². The Labute approximate surface area is 147 Å². The fourth-order valence-corrected chi connectivity index (χ4v) is 4.15. The van der Waals surface area contributed by atoms with Gasteiger partial charge in [-0.15, -0.1) is 11.8 Å². The maximum atomic E-state index is 10.4. The van der Waals surface area contributed by atoms with Crippen LogP contribution >= 0.6 is 11.8 Å². The van der Waals surface area contributed by atoms with Crippen molar-refractivity contribution in [2.24, 2.45) is 5.18 Å². The molecule has 3 rings (SSSR count). The standard InChI is InChI=1S/C17H26N4O2S/c1-12-8-18-16-7-14(15(11-21(12)16)24-17(2,3)4)23-6-5-20-9-13(10-20)19-22/h8,11,13-14H,5-7,9-10H2,1-4H3. The first-order chi connectivity index (χ1) is 11.4. The molecule has 1 aromatic rings. The minimum Gasteiger partial charge on any atom is -0.371 e. The van der Waals surface area contributed by atoms with Gasteiger partial charge in [0.2, 0.25) is 0 Å². The average Bonchev–Trinajstić information content (AvgIpc) is 2.80. The minimum atomic E-state index is -0.0259. The van der Waals surface area contributed by atoms with Crippen molar-refractivity contribution < 1.29 is 4.74 Å². The van der Waals surface area contributed by atoms with Crippen LogP contribution in [0.25, 0.3) is 6.20 Å². The largest absolute Gasteiger partial charge is 0.371 e. The molecule has 1 fully saturated rings. The number of rotatable bonds is 6. The second kappa shape index (κ2) is 6.98. The Morgan fingerprint density at radius 2 is 2.17 bits per heavy atom. The van der Waals surface area contributed by atoms with Gasteiger partial charge >= 0.3 is 0 Å². The van der Waals surface area contributed by atoms with Crippen molar-refractivity contribution in [3.8, 4) is 0 Å². The Bertz CT molecular complexity index is 629. The maximum absolute atomic E-state index is 10.4. The highest BCUT2D eigenvalue weighted by molar-refractivity contribution is 8.04. The lowest BCUT2D eigenvalue weighted by molar-refractivity contribution is 0.0407. The Hall–Kier alpha value is -1.18. The Morgan fingerprint density at radius 1 is 1.42 bits per heavy atom. The molecule has 0 bridgehead atoms. The van der Waals surface area contributed by atoms with E-state index in [4.69, 9.17) is 4.74 Å². The van der Waals surface area contributed by atoms with E-state index < -0.39 is 0 Å². The number of nitroso groups, excluding NO2 is 1. The molecule has 0 spiro atoms. The van der Waals surface area contributed by atoms with Gasteiger partial charge in [-0.2, -0.15) is 4.91 Å². The van der Waals surface area contributed by atoms with Crippen LogP contribution in [0.2, 0.25) is 0 Å². The smallest absolute Gasteiger partial charge is 0.117 e. The number of thioether (sulfide) groups is 1. The highest BCUT2D eigenvalue weighted by atomic mass is 32.2. The van der Waals surface area contributed by atoms with Crippen LogP contribution < -0.4 is 0 Å². The van der Waals surface area contributed by atoms with Gasteiger partial charge in [0, 0.05) is 53.8 Å². The average molecular weight is 350 g/mol. The van der Waals surface area contributed by atoms with E-state index in [1.807, 2.05) is 18.0 Å². The highest BCUT2D eigenvalue weighted by Gasteiger charge is 2.30. The molecule has 24 heavy (non-hydrogen) atoms. The van der Waals surface area contributed by atoms with Crippen LogP contribution in [-0.2, 0) is 11.2 Å². The van der Waals surface area contributed by atoms with E-state index in [9.17, 15) is 4.91 Å². The van der Waals surface area contributed by atoms with Crippen LogP contribution in [0.15, 0.2) is 16.3 Å². The van der Waals surface area contributed by atoms with Crippen molar-refractivity contribution in [1.29, 1.82) is 0 Å². The summed E-state index contributed by atoms with van der Waals surface area (Å²) in [6, 6.07) is -0.0259. The minimum absolute atomic E-state index is 0.0259. The number of ether oxygens (including phenoxy) is 1. The predicted molar refractivity (Wildman–Crippen MR) is 98.0 cm³/mol. The number of hydrogen-bond donors (Lipinski definition) is 0. The van der Waals surface area contributed by atoms with Crippen LogP contribution in [0.1, 0.15) is 32.3 Å². The third-order valence-corrected chi connectivity index (χ3v) is 5.45. The molecule has 1 unspecified atom stereocenters. The number of imidazole rings is 1. The van der Waals surface area contributed by atoms with E-state index >= 15 is 0 Å². The van der Waals surface area contributed by atoms with E-state index in [1.165, 1.54) is 4.91 Å². The first-order valence-corrected chi connectivity index (χ1v) is 9.27. The fraction of sp³-hybridized carbons (Fsp3) is 0.706. The van der Waals surface area contributed by atoms with Gasteiger partial charge in [0.1, 0.15) is 11.9 Å². The number of hydrogen-bond acceptors (Lipinski definition) is 6. The van der Waals surface area contributed by atoms with E-state index in [-0.39, 0.29) is 16.9 Å². The van der Waals surface area contributed by atoms with E-state index in [1.54, 1.807) is 0 Å². The van der Waals surface area contributed by atoms with Crippen LogP contribution in [0.5, 0.6) is 0 Å². The van der Waals surface area contributed by atoms with Crippen molar-refractivity contribution in [3.05, 3.63) is 27.5 Å². The summed E-state index contributed by atoms with van der Waals surface area (Å²) in [6.45, 7) is 11.8. The Morgan fingerprint density at radius 3 is 2.83 bits per heavy atom. The quantitative estimate of drug-likeness (QED) is 0.738. The zero-order valence-electron chi connectivity index (χ0n) is 14.9. The van der Waals surface area contributed by atoms with Crippen LogP contribution in [-0.4, -0.2) is 57.6 Å². The monoisotopic (exact) mass is 350 g/mol. The lowest BCUT2D eigenvalue weighted by atomic mass is 10.1. The molecule has 6 nitrogen and oxygen atoms in total. The molecule has 1 atom stereocenters. The lowest BCUT2D eigenvalue weighted by Gasteiger charge is -2.35. The number of likely N-dealkylation sites (tertiary alicyclic amines) is 1. The molecule has 0 saturated carbocycles.